The predicted octanol–water partition coefficient (Wildman–Crippen LogP) is 7.04. The number of unbranched alkanes of at least 4 members (excludes halogenated alkanes) is 3. The van der Waals surface area contributed by atoms with E-state index in [4.69, 9.17) is 10.1 Å². The number of piperidine rings is 2. The normalized spacial score (nSPS) is 17.3. The lowest BCUT2D eigenvalue weighted by Gasteiger charge is -2.39. The van der Waals surface area contributed by atoms with Crippen molar-refractivity contribution in [2.45, 2.75) is 97.1 Å². The van der Waals surface area contributed by atoms with Gasteiger partial charge in [0.05, 0.1) is 29.0 Å². The Balaban J connectivity index is 0.750. The van der Waals surface area contributed by atoms with Crippen LogP contribution in [0, 0.1) is 16.7 Å². The number of imide groups is 1. The summed E-state index contributed by atoms with van der Waals surface area (Å²) in [6.07, 6.45) is 18.0. The SMILES string of the molecule is CC(C)NC(=O)C1(C)CCN(c2ccc(-c3cc(-c4cnn(CCCCCCN5CCC(c6ccc7c(N8CCC(=O)NC8=O)nn(C)c7c6)CC5)c4)cn4ncc(C#N)c34)cn2)CC1. The Labute approximate surface area is 379 Å². The number of likely N-dealkylation sites (tertiary alicyclic amines) is 1. The Morgan fingerprint density at radius 1 is 0.908 bits per heavy atom. The molecule has 0 atom stereocenters. The van der Waals surface area contributed by atoms with Crippen molar-refractivity contribution in [3.63, 3.8) is 0 Å². The van der Waals surface area contributed by atoms with Gasteiger partial charge in [0.2, 0.25) is 11.8 Å². The number of anilines is 2. The minimum Gasteiger partial charge on any atom is -0.357 e. The summed E-state index contributed by atoms with van der Waals surface area (Å²) in [4.78, 5) is 48.3. The molecule has 2 N–H and O–H groups in total. The fourth-order valence-electron chi connectivity index (χ4n) is 9.77. The molecule has 8 heterocycles. The number of amides is 4. The molecule has 0 spiro atoms. The van der Waals surface area contributed by atoms with Gasteiger partial charge in [0.1, 0.15) is 11.9 Å². The van der Waals surface area contributed by atoms with Gasteiger partial charge in [-0.1, -0.05) is 25.8 Å². The summed E-state index contributed by atoms with van der Waals surface area (Å²) >= 11 is 0. The lowest BCUT2D eigenvalue weighted by atomic mass is 9.79. The van der Waals surface area contributed by atoms with E-state index in [-0.39, 0.29) is 29.7 Å². The first-order valence-corrected chi connectivity index (χ1v) is 23.2. The van der Waals surface area contributed by atoms with Gasteiger partial charge >= 0.3 is 6.03 Å². The van der Waals surface area contributed by atoms with Crippen molar-refractivity contribution in [3.8, 4) is 28.3 Å². The van der Waals surface area contributed by atoms with Crippen LogP contribution in [0.25, 0.3) is 38.7 Å². The maximum Gasteiger partial charge on any atom is 0.329 e. The third-order valence-electron chi connectivity index (χ3n) is 13.8. The first-order valence-electron chi connectivity index (χ1n) is 23.2. The number of carbonyl (C=O) groups excluding carboxylic acids is 3. The topological polar surface area (TPSA) is 175 Å². The first kappa shape index (κ1) is 43.6. The average Bonchev–Trinajstić information content (AvgIpc) is 4.05. The van der Waals surface area contributed by atoms with Gasteiger partial charge in [-0.2, -0.15) is 20.6 Å². The highest BCUT2D eigenvalue weighted by Gasteiger charge is 2.37. The number of hydrogen-bond acceptors (Lipinski definition) is 10. The zero-order valence-electron chi connectivity index (χ0n) is 38.0. The van der Waals surface area contributed by atoms with E-state index in [9.17, 15) is 19.6 Å². The fraction of sp³-hybridized carbons (Fsp3) is 0.469. The van der Waals surface area contributed by atoms with E-state index in [0.717, 1.165) is 122 Å². The number of nitrogens with one attached hydrogen (secondary N) is 2. The van der Waals surface area contributed by atoms with Crippen LogP contribution in [0.5, 0.6) is 0 Å². The number of aryl methyl sites for hydroxylation is 2. The van der Waals surface area contributed by atoms with Crippen molar-refractivity contribution in [1.29, 1.82) is 5.26 Å². The Hall–Kier alpha value is -6.60. The van der Waals surface area contributed by atoms with E-state index < -0.39 is 6.03 Å². The standard InChI is InChI=1S/C49H59N13O3/c1-33(2)54-47(64)49(3)16-23-59(24-17-49)43-12-10-36(28-51-43)41-25-37(32-62-45(41)38(27-50)29-53-62)39-30-52-60(31-39)19-8-6-5-7-18-58-20-13-34(14-21-58)35-9-11-40-42(26-35)57(4)56-46(40)61-22-15-44(63)55-48(61)65/h9-12,25-26,28-34H,5-8,13-24H2,1-4H3,(H,54,64)(H,55,63,65). The zero-order chi connectivity index (χ0) is 45.2. The summed E-state index contributed by atoms with van der Waals surface area (Å²) < 4.78 is 5.65. The van der Waals surface area contributed by atoms with E-state index in [0.29, 0.717) is 23.8 Å². The molecule has 1 aromatic carbocycles. The summed E-state index contributed by atoms with van der Waals surface area (Å²) in [7, 11) is 1.91. The van der Waals surface area contributed by atoms with Gasteiger partial charge in [-0.15, -0.1) is 0 Å². The smallest absolute Gasteiger partial charge is 0.329 e. The van der Waals surface area contributed by atoms with Gasteiger partial charge in [-0.3, -0.25) is 29.2 Å². The van der Waals surface area contributed by atoms with E-state index >= 15 is 0 Å². The number of rotatable bonds is 14. The van der Waals surface area contributed by atoms with E-state index in [2.05, 4.69) is 80.2 Å². The molecule has 5 aromatic heterocycles. The van der Waals surface area contributed by atoms with Crippen LogP contribution in [0.2, 0.25) is 0 Å². The second-order valence-corrected chi connectivity index (χ2v) is 18.7. The number of nitriles is 1. The fourth-order valence-corrected chi connectivity index (χ4v) is 9.77. The van der Waals surface area contributed by atoms with Crippen LogP contribution < -0.4 is 20.4 Å². The molecule has 0 bridgehead atoms. The maximum atomic E-state index is 12.9. The Bertz CT molecular complexity index is 2740. The Morgan fingerprint density at radius 2 is 1.69 bits per heavy atom. The van der Waals surface area contributed by atoms with Crippen LogP contribution in [0.15, 0.2) is 67.4 Å². The number of aromatic nitrogens is 7. The number of hydrogen-bond donors (Lipinski definition) is 2. The summed E-state index contributed by atoms with van der Waals surface area (Å²) in [6.45, 7) is 12.0. The molecule has 4 amide bonds. The molecule has 6 aromatic rings. The number of fused-ring (bicyclic) bond motifs is 2. The molecule has 65 heavy (non-hydrogen) atoms. The van der Waals surface area contributed by atoms with Crippen molar-refractivity contribution in [3.05, 3.63) is 78.5 Å². The Kier molecular flexibility index (Phi) is 12.4. The lowest BCUT2D eigenvalue weighted by Crippen LogP contribution is -2.49. The van der Waals surface area contributed by atoms with Gasteiger partial charge < -0.3 is 15.1 Å². The van der Waals surface area contributed by atoms with Crippen LogP contribution in [0.3, 0.4) is 0 Å². The number of nitrogens with zero attached hydrogens (tertiary/aromatic N) is 11. The molecule has 338 valence electrons. The molecule has 3 saturated heterocycles. The van der Waals surface area contributed by atoms with Gasteiger partial charge in [0, 0.05) is 97.3 Å². The molecule has 9 rings (SSSR count). The molecule has 16 nitrogen and oxygen atoms in total. The minimum absolute atomic E-state index is 0.120. The summed E-state index contributed by atoms with van der Waals surface area (Å²) in [5.41, 5.74) is 6.93. The third-order valence-corrected chi connectivity index (χ3v) is 13.8. The van der Waals surface area contributed by atoms with Crippen LogP contribution in [0.1, 0.15) is 95.6 Å². The predicted molar refractivity (Wildman–Crippen MR) is 250 cm³/mol. The summed E-state index contributed by atoms with van der Waals surface area (Å²) in [5, 5.41) is 30.3. The van der Waals surface area contributed by atoms with Crippen LogP contribution in [-0.2, 0) is 23.2 Å². The second kappa shape index (κ2) is 18.5. The molecular weight excluding hydrogens is 819 g/mol. The highest BCUT2D eigenvalue weighted by Crippen LogP contribution is 2.37. The van der Waals surface area contributed by atoms with Crippen molar-refractivity contribution in [2.24, 2.45) is 12.5 Å². The monoisotopic (exact) mass is 877 g/mol. The minimum atomic E-state index is -0.413. The van der Waals surface area contributed by atoms with Crippen LogP contribution in [0.4, 0.5) is 16.4 Å². The van der Waals surface area contributed by atoms with E-state index in [1.807, 2.05) is 54.9 Å². The second-order valence-electron chi connectivity index (χ2n) is 18.7. The molecule has 3 aliphatic heterocycles. The van der Waals surface area contributed by atoms with Gasteiger partial charge in [0.25, 0.3) is 0 Å². The molecule has 3 fully saturated rings. The summed E-state index contributed by atoms with van der Waals surface area (Å²) in [5.74, 6) is 1.84. The third kappa shape index (κ3) is 9.20. The Morgan fingerprint density at radius 3 is 2.42 bits per heavy atom. The number of benzene rings is 1. The first-order chi connectivity index (χ1) is 31.5. The van der Waals surface area contributed by atoms with E-state index in [1.165, 1.54) is 18.4 Å². The molecule has 0 radical (unpaired) electrons. The largest absolute Gasteiger partial charge is 0.357 e. The molecule has 0 unspecified atom stereocenters. The molecule has 0 aliphatic carbocycles. The highest BCUT2D eigenvalue weighted by atomic mass is 16.2. The van der Waals surface area contributed by atoms with Crippen LogP contribution in [-0.4, -0.2) is 102 Å². The molecule has 16 heteroatoms. The molecule has 3 aliphatic rings. The maximum absolute atomic E-state index is 12.9. The van der Waals surface area contributed by atoms with Crippen molar-refractivity contribution in [2.75, 3.05) is 49.1 Å². The highest BCUT2D eigenvalue weighted by molar-refractivity contribution is 6.08. The lowest BCUT2D eigenvalue weighted by molar-refractivity contribution is -0.131. The zero-order valence-corrected chi connectivity index (χ0v) is 38.0. The molecular formula is C49H59N13O3. The quantitative estimate of drug-likeness (QED) is 0.108. The van der Waals surface area contributed by atoms with Crippen molar-refractivity contribution in [1.82, 2.24) is 49.7 Å². The number of urea groups is 1. The molecule has 0 saturated carbocycles. The number of pyridine rings is 2. The summed E-state index contributed by atoms with van der Waals surface area (Å²) in [6, 6.07) is 14.7. The van der Waals surface area contributed by atoms with Gasteiger partial charge in [0.15, 0.2) is 5.82 Å². The van der Waals surface area contributed by atoms with Gasteiger partial charge in [-0.25, -0.2) is 14.3 Å². The van der Waals surface area contributed by atoms with Crippen LogP contribution >= 0.6 is 0 Å². The van der Waals surface area contributed by atoms with Crippen molar-refractivity contribution < 1.29 is 14.4 Å². The number of carbonyl (C=O) groups is 3. The van der Waals surface area contributed by atoms with E-state index in [1.54, 1.807) is 15.6 Å². The van der Waals surface area contributed by atoms with Gasteiger partial charge in [-0.05, 0) is 114 Å². The average molecular weight is 878 g/mol. The van der Waals surface area contributed by atoms with Crippen molar-refractivity contribution >= 4 is 45.9 Å².